The zero-order valence-corrected chi connectivity index (χ0v) is 10.2. The monoisotopic (exact) mass is 231 g/mol. The molecule has 0 spiro atoms. The van der Waals surface area contributed by atoms with E-state index in [0.29, 0.717) is 6.42 Å². The Morgan fingerprint density at radius 2 is 2.24 bits per heavy atom. The Bertz CT molecular complexity index is 479. The summed E-state index contributed by atoms with van der Waals surface area (Å²) in [6.07, 6.45) is 1.71. The zero-order valence-electron chi connectivity index (χ0n) is 10.2. The average Bonchev–Trinajstić information content (AvgIpc) is 2.72. The van der Waals surface area contributed by atoms with Crippen LogP contribution in [0.5, 0.6) is 0 Å². The first-order valence-electron chi connectivity index (χ1n) is 5.83. The minimum atomic E-state index is -0.550. The van der Waals surface area contributed by atoms with Gasteiger partial charge < -0.3 is 5.11 Å². The quantitative estimate of drug-likeness (QED) is 0.874. The maximum Gasteiger partial charge on any atom is 0.101 e. The van der Waals surface area contributed by atoms with E-state index in [2.05, 4.69) is 10.1 Å². The number of pyridine rings is 1. The van der Waals surface area contributed by atoms with Gasteiger partial charge >= 0.3 is 0 Å². The van der Waals surface area contributed by atoms with Crippen LogP contribution in [-0.2, 0) is 13.0 Å². The van der Waals surface area contributed by atoms with Crippen molar-refractivity contribution in [3.63, 3.8) is 0 Å². The molecule has 0 saturated carbocycles. The van der Waals surface area contributed by atoms with Gasteiger partial charge in [-0.1, -0.05) is 6.07 Å². The fourth-order valence-corrected chi connectivity index (χ4v) is 1.91. The van der Waals surface area contributed by atoms with Crippen LogP contribution >= 0.6 is 0 Å². The van der Waals surface area contributed by atoms with E-state index in [0.717, 1.165) is 23.6 Å². The summed E-state index contributed by atoms with van der Waals surface area (Å²) < 4.78 is 1.84. The Morgan fingerprint density at radius 1 is 1.41 bits per heavy atom. The molecule has 1 atom stereocenters. The van der Waals surface area contributed by atoms with Gasteiger partial charge in [0.15, 0.2) is 0 Å². The molecule has 0 aliphatic carbocycles. The summed E-state index contributed by atoms with van der Waals surface area (Å²) in [5, 5.41) is 14.5. The maximum absolute atomic E-state index is 10.2. The summed E-state index contributed by atoms with van der Waals surface area (Å²) >= 11 is 0. The van der Waals surface area contributed by atoms with E-state index in [1.54, 1.807) is 6.20 Å². The molecule has 1 unspecified atom stereocenters. The molecule has 0 aliphatic heterocycles. The summed E-state index contributed by atoms with van der Waals surface area (Å²) in [6, 6.07) is 7.65. The molecule has 0 amide bonds. The van der Waals surface area contributed by atoms with Crippen molar-refractivity contribution < 1.29 is 5.11 Å². The van der Waals surface area contributed by atoms with Crippen molar-refractivity contribution in [2.24, 2.45) is 0 Å². The molecule has 0 saturated heterocycles. The SMILES string of the molecule is CCn1nc(C)cc1C(O)Cc1ccccn1. The number of rotatable bonds is 4. The Hall–Kier alpha value is -1.68. The first-order valence-corrected chi connectivity index (χ1v) is 5.83. The van der Waals surface area contributed by atoms with Crippen LogP contribution in [0.15, 0.2) is 30.5 Å². The van der Waals surface area contributed by atoms with Gasteiger partial charge in [0.1, 0.15) is 6.10 Å². The molecular formula is C13H17N3O. The van der Waals surface area contributed by atoms with E-state index >= 15 is 0 Å². The minimum Gasteiger partial charge on any atom is -0.386 e. The molecule has 0 radical (unpaired) electrons. The molecule has 2 rings (SSSR count). The molecule has 4 heteroatoms. The zero-order chi connectivity index (χ0) is 12.3. The largest absolute Gasteiger partial charge is 0.386 e. The first-order chi connectivity index (χ1) is 8.20. The molecule has 1 N–H and O–H groups in total. The highest BCUT2D eigenvalue weighted by atomic mass is 16.3. The third-order valence-corrected chi connectivity index (χ3v) is 2.70. The van der Waals surface area contributed by atoms with Crippen LogP contribution in [0, 0.1) is 6.92 Å². The number of aliphatic hydroxyl groups is 1. The fourth-order valence-electron chi connectivity index (χ4n) is 1.91. The van der Waals surface area contributed by atoms with Crippen LogP contribution < -0.4 is 0 Å². The highest BCUT2D eigenvalue weighted by molar-refractivity contribution is 5.15. The first kappa shape index (κ1) is 11.8. The van der Waals surface area contributed by atoms with Gasteiger partial charge in [-0.15, -0.1) is 0 Å². The lowest BCUT2D eigenvalue weighted by atomic mass is 10.1. The van der Waals surface area contributed by atoms with E-state index in [9.17, 15) is 5.11 Å². The van der Waals surface area contributed by atoms with Crippen molar-refractivity contribution in [1.82, 2.24) is 14.8 Å². The Balaban J connectivity index is 2.17. The predicted molar refractivity (Wildman–Crippen MR) is 65.5 cm³/mol. The molecule has 4 nitrogen and oxygen atoms in total. The van der Waals surface area contributed by atoms with Gasteiger partial charge in [-0.3, -0.25) is 9.67 Å². The topological polar surface area (TPSA) is 50.9 Å². The van der Waals surface area contributed by atoms with E-state index in [-0.39, 0.29) is 0 Å². The van der Waals surface area contributed by atoms with E-state index < -0.39 is 6.10 Å². The van der Waals surface area contributed by atoms with Crippen LogP contribution in [-0.4, -0.2) is 19.9 Å². The van der Waals surface area contributed by atoms with E-state index in [4.69, 9.17) is 0 Å². The number of hydrogen-bond acceptors (Lipinski definition) is 3. The fraction of sp³-hybridized carbons (Fsp3) is 0.385. The number of nitrogens with zero attached hydrogens (tertiary/aromatic N) is 3. The lowest BCUT2D eigenvalue weighted by Crippen LogP contribution is -2.10. The van der Waals surface area contributed by atoms with Gasteiger partial charge in [-0.2, -0.15) is 5.10 Å². The predicted octanol–water partition coefficient (Wildman–Crippen LogP) is 1.88. The highest BCUT2D eigenvalue weighted by Gasteiger charge is 2.15. The summed E-state index contributed by atoms with van der Waals surface area (Å²) in [6.45, 7) is 4.72. The standard InChI is InChI=1S/C13H17N3O/c1-3-16-12(8-10(2)15-16)13(17)9-11-6-4-5-7-14-11/h4-8,13,17H,3,9H2,1-2H3. The Kier molecular flexibility index (Phi) is 3.54. The van der Waals surface area contributed by atoms with Crippen LogP contribution in [0.1, 0.15) is 30.1 Å². The molecule has 0 aliphatic rings. The van der Waals surface area contributed by atoms with Crippen molar-refractivity contribution in [3.05, 3.63) is 47.5 Å². The summed E-state index contributed by atoms with van der Waals surface area (Å²) in [5.41, 5.74) is 2.68. The van der Waals surface area contributed by atoms with E-state index in [1.165, 1.54) is 0 Å². The molecule has 90 valence electrons. The van der Waals surface area contributed by atoms with Gasteiger partial charge in [-0.05, 0) is 32.0 Å². The molecule has 17 heavy (non-hydrogen) atoms. The van der Waals surface area contributed by atoms with Crippen molar-refractivity contribution in [3.8, 4) is 0 Å². The van der Waals surface area contributed by atoms with Gasteiger partial charge in [0.25, 0.3) is 0 Å². The van der Waals surface area contributed by atoms with Crippen molar-refractivity contribution in [2.45, 2.75) is 32.9 Å². The molecule has 0 aromatic carbocycles. The van der Waals surface area contributed by atoms with E-state index in [1.807, 2.05) is 42.8 Å². The Morgan fingerprint density at radius 3 is 2.88 bits per heavy atom. The molecule has 2 aromatic heterocycles. The number of aryl methyl sites for hydroxylation is 2. The molecular weight excluding hydrogens is 214 g/mol. The number of hydrogen-bond donors (Lipinski definition) is 1. The van der Waals surface area contributed by atoms with Crippen LogP contribution in [0.2, 0.25) is 0 Å². The highest BCUT2D eigenvalue weighted by Crippen LogP contribution is 2.18. The number of aliphatic hydroxyl groups excluding tert-OH is 1. The molecule has 2 aromatic rings. The minimum absolute atomic E-state index is 0.520. The third-order valence-electron chi connectivity index (χ3n) is 2.70. The maximum atomic E-state index is 10.2. The molecule has 0 fully saturated rings. The smallest absolute Gasteiger partial charge is 0.101 e. The second-order valence-electron chi connectivity index (χ2n) is 4.07. The molecule has 2 heterocycles. The van der Waals surface area contributed by atoms with Crippen LogP contribution in [0.3, 0.4) is 0 Å². The normalized spacial score (nSPS) is 12.6. The third kappa shape index (κ3) is 2.71. The van der Waals surface area contributed by atoms with Crippen molar-refractivity contribution in [2.75, 3.05) is 0 Å². The summed E-state index contributed by atoms with van der Waals surface area (Å²) in [7, 11) is 0. The lowest BCUT2D eigenvalue weighted by Gasteiger charge is -2.11. The van der Waals surface area contributed by atoms with Crippen LogP contribution in [0.25, 0.3) is 0 Å². The Labute approximate surface area is 101 Å². The van der Waals surface area contributed by atoms with Crippen molar-refractivity contribution >= 4 is 0 Å². The van der Waals surface area contributed by atoms with Gasteiger partial charge in [0, 0.05) is 24.9 Å². The lowest BCUT2D eigenvalue weighted by molar-refractivity contribution is 0.166. The second-order valence-corrected chi connectivity index (χ2v) is 4.07. The van der Waals surface area contributed by atoms with Gasteiger partial charge in [-0.25, -0.2) is 0 Å². The van der Waals surface area contributed by atoms with Crippen LogP contribution in [0.4, 0.5) is 0 Å². The summed E-state index contributed by atoms with van der Waals surface area (Å²) in [5.74, 6) is 0. The summed E-state index contributed by atoms with van der Waals surface area (Å²) in [4.78, 5) is 4.22. The van der Waals surface area contributed by atoms with Gasteiger partial charge in [0.2, 0.25) is 0 Å². The average molecular weight is 231 g/mol. The molecule has 0 bridgehead atoms. The number of aromatic nitrogens is 3. The van der Waals surface area contributed by atoms with Gasteiger partial charge in [0.05, 0.1) is 11.4 Å². The van der Waals surface area contributed by atoms with Crippen molar-refractivity contribution in [1.29, 1.82) is 0 Å². The second kappa shape index (κ2) is 5.10.